The lowest BCUT2D eigenvalue weighted by molar-refractivity contribution is -0.137. The van der Waals surface area contributed by atoms with Crippen molar-refractivity contribution in [3.05, 3.63) is 71.3 Å². The largest absolute Gasteiger partial charge is 0.416 e. The van der Waals surface area contributed by atoms with E-state index in [0.29, 0.717) is 10.9 Å². The van der Waals surface area contributed by atoms with E-state index in [2.05, 4.69) is 16.9 Å². The third-order valence-electron chi connectivity index (χ3n) is 4.60. The van der Waals surface area contributed by atoms with Gasteiger partial charge in [-0.1, -0.05) is 47.6 Å². The van der Waals surface area contributed by atoms with Gasteiger partial charge in [0.05, 0.1) is 22.0 Å². The summed E-state index contributed by atoms with van der Waals surface area (Å²) in [6.45, 7) is 5.76. The zero-order chi connectivity index (χ0) is 23.5. The number of hydrogen-bond acceptors (Lipinski definition) is 4. The van der Waals surface area contributed by atoms with E-state index in [1.54, 1.807) is 6.08 Å². The van der Waals surface area contributed by atoms with Crippen molar-refractivity contribution < 1.29 is 22.8 Å². The molecular weight excluding hydrogens is 463 g/mol. The number of anilines is 1. The third kappa shape index (κ3) is 5.52. The van der Waals surface area contributed by atoms with Gasteiger partial charge >= 0.3 is 6.18 Å². The molecule has 0 aliphatic carbocycles. The second kappa shape index (κ2) is 9.79. The Bertz CT molecular complexity index is 1090. The highest BCUT2D eigenvalue weighted by Gasteiger charge is 2.39. The van der Waals surface area contributed by atoms with Crippen molar-refractivity contribution in [2.45, 2.75) is 24.8 Å². The average molecular weight is 482 g/mol. The Kier molecular flexibility index (Phi) is 7.30. The number of para-hydroxylation sites is 1. The highest BCUT2D eigenvalue weighted by atomic mass is 35.5. The van der Waals surface area contributed by atoms with E-state index < -0.39 is 22.9 Å². The molecular formula is C22H19ClF3N3O2S. The van der Waals surface area contributed by atoms with Crippen LogP contribution in [0.3, 0.4) is 0 Å². The van der Waals surface area contributed by atoms with Gasteiger partial charge in [-0.25, -0.2) is 4.99 Å². The van der Waals surface area contributed by atoms with Crippen molar-refractivity contribution in [2.75, 3.05) is 11.9 Å². The molecule has 2 aromatic carbocycles. The molecule has 2 amide bonds. The predicted molar refractivity (Wildman–Crippen MR) is 121 cm³/mol. The molecule has 1 atom stereocenters. The summed E-state index contributed by atoms with van der Waals surface area (Å²) in [7, 11) is 0. The molecule has 168 valence electrons. The summed E-state index contributed by atoms with van der Waals surface area (Å²) >= 11 is 7.06. The molecule has 1 aliphatic rings. The molecule has 5 nitrogen and oxygen atoms in total. The van der Waals surface area contributed by atoms with Gasteiger partial charge in [-0.05, 0) is 36.8 Å². The second-order valence-corrected chi connectivity index (χ2v) is 8.55. The minimum atomic E-state index is -4.58. The minimum Gasteiger partial charge on any atom is -0.325 e. The molecule has 3 rings (SSSR count). The first-order valence-electron chi connectivity index (χ1n) is 9.50. The Morgan fingerprint density at radius 2 is 2.03 bits per heavy atom. The number of hydrogen-bond donors (Lipinski definition) is 1. The Labute approximate surface area is 192 Å². The van der Waals surface area contributed by atoms with Crippen LogP contribution in [0.5, 0.6) is 0 Å². The number of aliphatic imine (C=N–C) groups is 1. The fraction of sp³-hybridized carbons (Fsp3) is 0.227. The maximum Gasteiger partial charge on any atom is 0.416 e. The summed E-state index contributed by atoms with van der Waals surface area (Å²) < 4.78 is 38.9. The normalized spacial score (nSPS) is 17.7. The van der Waals surface area contributed by atoms with E-state index in [0.717, 1.165) is 35.5 Å². The minimum absolute atomic E-state index is 0.0353. The van der Waals surface area contributed by atoms with Gasteiger partial charge in [0.2, 0.25) is 11.8 Å². The lowest BCUT2D eigenvalue weighted by Gasteiger charge is -2.14. The van der Waals surface area contributed by atoms with Gasteiger partial charge in [-0.2, -0.15) is 13.2 Å². The molecule has 1 fully saturated rings. The number of aryl methyl sites for hydroxylation is 1. The molecule has 0 unspecified atom stereocenters. The fourth-order valence-corrected chi connectivity index (χ4v) is 4.31. The Hall–Kier alpha value is -2.78. The molecule has 1 N–H and O–H groups in total. The molecule has 32 heavy (non-hydrogen) atoms. The molecule has 2 aromatic rings. The van der Waals surface area contributed by atoms with Crippen LogP contribution in [0.4, 0.5) is 24.5 Å². The van der Waals surface area contributed by atoms with Gasteiger partial charge in [0, 0.05) is 13.0 Å². The number of halogens is 4. The molecule has 0 radical (unpaired) electrons. The molecule has 0 saturated carbocycles. The smallest absolute Gasteiger partial charge is 0.325 e. The predicted octanol–water partition coefficient (Wildman–Crippen LogP) is 5.81. The maximum atomic E-state index is 13.0. The number of amidine groups is 1. The van der Waals surface area contributed by atoms with E-state index in [4.69, 9.17) is 11.6 Å². The van der Waals surface area contributed by atoms with Gasteiger partial charge in [0.25, 0.3) is 0 Å². The molecule has 0 aromatic heterocycles. The molecule has 1 heterocycles. The maximum absolute atomic E-state index is 13.0. The Balaban J connectivity index is 1.77. The van der Waals surface area contributed by atoms with E-state index >= 15 is 0 Å². The van der Waals surface area contributed by atoms with Gasteiger partial charge in [0.15, 0.2) is 5.17 Å². The van der Waals surface area contributed by atoms with Gasteiger partial charge in [0.1, 0.15) is 5.25 Å². The van der Waals surface area contributed by atoms with Gasteiger partial charge in [-0.3, -0.25) is 14.5 Å². The van der Waals surface area contributed by atoms with Crippen LogP contribution in [0.1, 0.15) is 17.5 Å². The van der Waals surface area contributed by atoms with Crippen LogP contribution in [0.25, 0.3) is 0 Å². The molecule has 0 bridgehead atoms. The van der Waals surface area contributed by atoms with E-state index in [1.807, 2.05) is 31.2 Å². The Morgan fingerprint density at radius 3 is 2.69 bits per heavy atom. The van der Waals surface area contributed by atoms with Gasteiger partial charge in [-0.15, -0.1) is 6.58 Å². The van der Waals surface area contributed by atoms with Crippen LogP contribution in [0, 0.1) is 6.92 Å². The molecule has 10 heteroatoms. The number of amides is 2. The average Bonchev–Trinajstić information content (AvgIpc) is 2.99. The standard InChI is InChI=1S/C22H19ClF3N3O2S/c1-3-10-29-20(31)18(32-21(29)28-16-7-5-4-6-13(16)2)12-19(30)27-17-11-14(22(24,25)26)8-9-15(17)23/h3-9,11,18H,1,10,12H2,2H3,(H,27,30)/t18-/m1/s1. The summed E-state index contributed by atoms with van der Waals surface area (Å²) in [6.07, 6.45) is -3.28. The summed E-state index contributed by atoms with van der Waals surface area (Å²) in [5.41, 5.74) is 0.511. The zero-order valence-corrected chi connectivity index (χ0v) is 18.5. The number of nitrogens with zero attached hydrogens (tertiary/aromatic N) is 2. The van der Waals surface area contributed by atoms with Crippen molar-refractivity contribution in [3.8, 4) is 0 Å². The molecule has 1 aliphatic heterocycles. The first kappa shape index (κ1) is 23.9. The second-order valence-electron chi connectivity index (χ2n) is 6.97. The highest BCUT2D eigenvalue weighted by Crippen LogP contribution is 2.35. The van der Waals surface area contributed by atoms with Gasteiger partial charge < -0.3 is 5.32 Å². The summed E-state index contributed by atoms with van der Waals surface area (Å²) in [5, 5.41) is 1.99. The van der Waals surface area contributed by atoms with Crippen molar-refractivity contribution in [3.63, 3.8) is 0 Å². The molecule has 0 spiro atoms. The number of nitrogens with one attached hydrogen (secondary N) is 1. The van der Waals surface area contributed by atoms with Crippen LogP contribution in [0.15, 0.2) is 60.1 Å². The summed E-state index contributed by atoms with van der Waals surface area (Å²) in [6, 6.07) is 10.1. The van der Waals surface area contributed by atoms with Crippen molar-refractivity contribution >= 4 is 51.7 Å². The number of rotatable bonds is 6. The number of thioether (sulfide) groups is 1. The topological polar surface area (TPSA) is 61.8 Å². The van der Waals surface area contributed by atoms with Crippen LogP contribution in [-0.4, -0.2) is 33.7 Å². The van der Waals surface area contributed by atoms with E-state index in [1.165, 1.54) is 4.90 Å². The Morgan fingerprint density at radius 1 is 1.31 bits per heavy atom. The lowest BCUT2D eigenvalue weighted by atomic mass is 10.2. The van der Waals surface area contributed by atoms with Crippen LogP contribution in [0.2, 0.25) is 5.02 Å². The van der Waals surface area contributed by atoms with Crippen molar-refractivity contribution in [1.29, 1.82) is 0 Å². The number of alkyl halides is 3. The van der Waals surface area contributed by atoms with Crippen LogP contribution in [-0.2, 0) is 15.8 Å². The number of carbonyl (C=O) groups is 2. The third-order valence-corrected chi connectivity index (χ3v) is 6.11. The first-order valence-corrected chi connectivity index (χ1v) is 10.8. The monoisotopic (exact) mass is 481 g/mol. The quantitative estimate of drug-likeness (QED) is 0.529. The van der Waals surface area contributed by atoms with Crippen molar-refractivity contribution in [1.82, 2.24) is 4.90 Å². The molecule has 1 saturated heterocycles. The van der Waals surface area contributed by atoms with E-state index in [-0.39, 0.29) is 29.6 Å². The van der Waals surface area contributed by atoms with E-state index in [9.17, 15) is 22.8 Å². The van der Waals surface area contributed by atoms with Crippen molar-refractivity contribution in [2.24, 2.45) is 4.99 Å². The summed E-state index contributed by atoms with van der Waals surface area (Å²) in [5.74, 6) is -0.958. The fourth-order valence-electron chi connectivity index (χ4n) is 2.98. The van der Waals surface area contributed by atoms with Crippen LogP contribution < -0.4 is 5.32 Å². The van der Waals surface area contributed by atoms with Crippen LogP contribution >= 0.6 is 23.4 Å². The SMILES string of the molecule is C=CCN1C(=O)[C@@H](CC(=O)Nc2cc(C(F)(F)F)ccc2Cl)SC1=Nc1ccccc1C. The summed E-state index contributed by atoms with van der Waals surface area (Å²) in [4.78, 5) is 31.4. The highest BCUT2D eigenvalue weighted by molar-refractivity contribution is 8.15. The number of carbonyl (C=O) groups excluding carboxylic acids is 2. The zero-order valence-electron chi connectivity index (χ0n) is 16.9. The lowest BCUT2D eigenvalue weighted by Crippen LogP contribution is -2.33. The first-order chi connectivity index (χ1) is 15.1. The number of benzene rings is 2.